The number of thiophene rings is 1. The summed E-state index contributed by atoms with van der Waals surface area (Å²) in [6.07, 6.45) is 1.53. The van der Waals surface area contributed by atoms with Crippen LogP contribution in [0.4, 0.5) is 0 Å². The maximum absolute atomic E-state index is 12.3. The van der Waals surface area contributed by atoms with Crippen molar-refractivity contribution < 1.29 is 23.4 Å². The summed E-state index contributed by atoms with van der Waals surface area (Å²) in [6.45, 7) is -0.127. The molecule has 3 rings (SSSR count). The summed E-state index contributed by atoms with van der Waals surface area (Å²) in [7, 11) is -3.72. The molecule has 3 N–H and O–H groups in total. The van der Waals surface area contributed by atoms with Gasteiger partial charge in [0.15, 0.2) is 6.04 Å². The third kappa shape index (κ3) is 4.76. The van der Waals surface area contributed by atoms with Crippen molar-refractivity contribution in [2.75, 3.05) is 0 Å². The van der Waals surface area contributed by atoms with Crippen LogP contribution in [0.3, 0.4) is 0 Å². The topological polar surface area (TPSA) is 134 Å². The van der Waals surface area contributed by atoms with Crippen molar-refractivity contribution in [3.8, 4) is 5.75 Å². The number of aromatic nitrogens is 3. The van der Waals surface area contributed by atoms with Crippen molar-refractivity contribution in [2.24, 2.45) is 0 Å². The summed E-state index contributed by atoms with van der Waals surface area (Å²) in [5, 5.41) is 28.2. The molecule has 28 heavy (non-hydrogen) atoms. The van der Waals surface area contributed by atoms with Gasteiger partial charge in [-0.3, -0.25) is 0 Å². The van der Waals surface area contributed by atoms with Crippen LogP contribution in [-0.4, -0.2) is 39.6 Å². The number of halogens is 1. The summed E-state index contributed by atoms with van der Waals surface area (Å²) in [5.74, 6) is -1.02. The van der Waals surface area contributed by atoms with Crippen LogP contribution in [0.1, 0.15) is 17.3 Å². The SMILES string of the molecule is O=C(O)C(Cc1ccc(O)cc1)n1cc(CNS(=O)(=O)c2sccc2Br)nn1. The molecule has 0 saturated heterocycles. The van der Waals surface area contributed by atoms with E-state index in [9.17, 15) is 23.4 Å². The van der Waals surface area contributed by atoms with E-state index >= 15 is 0 Å². The van der Waals surface area contributed by atoms with Crippen LogP contribution in [0, 0.1) is 0 Å². The molecular formula is C16H15BrN4O5S2. The number of nitrogens with zero attached hydrogens (tertiary/aromatic N) is 3. The third-order valence-corrected chi connectivity index (χ3v) is 7.87. The van der Waals surface area contributed by atoms with E-state index in [2.05, 4.69) is 31.0 Å². The molecule has 0 aliphatic heterocycles. The normalized spacial score (nSPS) is 12.8. The van der Waals surface area contributed by atoms with E-state index in [-0.39, 0.29) is 28.6 Å². The van der Waals surface area contributed by atoms with Crippen molar-refractivity contribution in [1.82, 2.24) is 19.7 Å². The molecule has 0 saturated carbocycles. The molecule has 0 spiro atoms. The molecule has 0 aliphatic rings. The van der Waals surface area contributed by atoms with E-state index < -0.39 is 22.0 Å². The minimum atomic E-state index is -3.72. The third-order valence-electron chi connectivity index (χ3n) is 3.80. The Morgan fingerprint density at radius 2 is 2.00 bits per heavy atom. The number of hydrogen-bond donors (Lipinski definition) is 3. The van der Waals surface area contributed by atoms with E-state index in [0.29, 0.717) is 10.0 Å². The molecule has 12 heteroatoms. The molecule has 1 atom stereocenters. The first kappa shape index (κ1) is 20.5. The van der Waals surface area contributed by atoms with E-state index in [1.807, 2.05) is 0 Å². The molecule has 9 nitrogen and oxygen atoms in total. The lowest BCUT2D eigenvalue weighted by atomic mass is 10.1. The number of carbonyl (C=O) groups is 1. The van der Waals surface area contributed by atoms with Crippen molar-refractivity contribution in [2.45, 2.75) is 23.2 Å². The Kier molecular flexibility index (Phi) is 6.13. The second kappa shape index (κ2) is 8.39. The van der Waals surface area contributed by atoms with Crippen molar-refractivity contribution in [1.29, 1.82) is 0 Å². The quantitative estimate of drug-likeness (QED) is 0.443. The predicted molar refractivity (Wildman–Crippen MR) is 105 cm³/mol. The lowest BCUT2D eigenvalue weighted by molar-refractivity contribution is -0.141. The summed E-state index contributed by atoms with van der Waals surface area (Å²) in [6, 6.07) is 6.80. The highest BCUT2D eigenvalue weighted by molar-refractivity contribution is 9.10. The monoisotopic (exact) mass is 486 g/mol. The fourth-order valence-corrected chi connectivity index (χ4v) is 5.78. The van der Waals surface area contributed by atoms with Crippen LogP contribution in [0.15, 0.2) is 50.6 Å². The van der Waals surface area contributed by atoms with Crippen LogP contribution in [0.25, 0.3) is 0 Å². The molecular weight excluding hydrogens is 472 g/mol. The van der Waals surface area contributed by atoms with Gasteiger partial charge < -0.3 is 10.2 Å². The van der Waals surface area contributed by atoms with Crippen molar-refractivity contribution in [3.05, 3.63) is 57.6 Å². The Balaban J connectivity index is 1.71. The van der Waals surface area contributed by atoms with Gasteiger partial charge in [-0.1, -0.05) is 17.3 Å². The average molecular weight is 487 g/mol. The van der Waals surface area contributed by atoms with E-state index in [0.717, 1.165) is 11.3 Å². The summed E-state index contributed by atoms with van der Waals surface area (Å²) >= 11 is 4.26. The number of aliphatic carboxylic acids is 1. The van der Waals surface area contributed by atoms with Gasteiger partial charge in [-0.15, -0.1) is 16.4 Å². The summed E-state index contributed by atoms with van der Waals surface area (Å²) in [5.41, 5.74) is 0.985. The van der Waals surface area contributed by atoms with Gasteiger partial charge in [0.2, 0.25) is 0 Å². The average Bonchev–Trinajstić information content (AvgIpc) is 3.28. The Bertz CT molecular complexity index is 1080. The van der Waals surface area contributed by atoms with Gasteiger partial charge in [-0.05, 0) is 45.1 Å². The highest BCUT2D eigenvalue weighted by atomic mass is 79.9. The maximum Gasteiger partial charge on any atom is 0.328 e. The molecule has 2 aromatic heterocycles. The van der Waals surface area contributed by atoms with Gasteiger partial charge in [-0.25, -0.2) is 22.6 Å². The van der Waals surface area contributed by atoms with E-state index in [1.165, 1.54) is 23.0 Å². The van der Waals surface area contributed by atoms with Crippen LogP contribution in [-0.2, 0) is 27.8 Å². The zero-order valence-corrected chi connectivity index (χ0v) is 17.4. The Labute approximate surface area is 172 Å². The van der Waals surface area contributed by atoms with Crippen LogP contribution in [0.5, 0.6) is 5.75 Å². The van der Waals surface area contributed by atoms with Crippen molar-refractivity contribution in [3.63, 3.8) is 0 Å². The van der Waals surface area contributed by atoms with Gasteiger partial charge in [0.1, 0.15) is 9.96 Å². The second-order valence-corrected chi connectivity index (χ2v) is 9.53. The molecule has 3 aromatic rings. The lowest BCUT2D eigenvalue weighted by Gasteiger charge is -2.12. The summed E-state index contributed by atoms with van der Waals surface area (Å²) in [4.78, 5) is 11.6. The number of hydrogen-bond acceptors (Lipinski definition) is 7. The molecule has 0 fully saturated rings. The fourth-order valence-electron chi connectivity index (χ4n) is 2.40. The van der Waals surface area contributed by atoms with Crippen LogP contribution in [0.2, 0.25) is 0 Å². The van der Waals surface area contributed by atoms with Crippen LogP contribution < -0.4 is 4.72 Å². The smallest absolute Gasteiger partial charge is 0.328 e. The number of nitrogens with one attached hydrogen (secondary N) is 1. The maximum atomic E-state index is 12.3. The Hall–Kier alpha value is -2.28. The van der Waals surface area contributed by atoms with Gasteiger partial charge in [-0.2, -0.15) is 0 Å². The number of rotatable bonds is 8. The van der Waals surface area contributed by atoms with Gasteiger partial charge in [0, 0.05) is 10.9 Å². The van der Waals surface area contributed by atoms with Gasteiger partial charge in [0.05, 0.1) is 18.4 Å². The lowest BCUT2D eigenvalue weighted by Crippen LogP contribution is -2.23. The zero-order chi connectivity index (χ0) is 20.3. The molecule has 0 bridgehead atoms. The number of aromatic hydroxyl groups is 1. The van der Waals surface area contributed by atoms with E-state index in [4.69, 9.17) is 0 Å². The fraction of sp³-hybridized carbons (Fsp3) is 0.188. The highest BCUT2D eigenvalue weighted by Crippen LogP contribution is 2.27. The summed E-state index contributed by atoms with van der Waals surface area (Å²) < 4.78 is 28.8. The molecule has 1 aromatic carbocycles. The van der Waals surface area contributed by atoms with E-state index in [1.54, 1.807) is 23.6 Å². The first-order valence-electron chi connectivity index (χ1n) is 7.90. The highest BCUT2D eigenvalue weighted by Gasteiger charge is 2.23. The molecule has 0 amide bonds. The van der Waals surface area contributed by atoms with Gasteiger partial charge in [0.25, 0.3) is 10.0 Å². The second-order valence-electron chi connectivity index (χ2n) is 5.80. The zero-order valence-electron chi connectivity index (χ0n) is 14.2. The number of benzene rings is 1. The number of phenolic OH excluding ortho intramolecular Hbond substituents is 1. The molecule has 148 valence electrons. The minimum Gasteiger partial charge on any atom is -0.508 e. The number of carboxylic acid groups (broad SMARTS) is 1. The van der Waals surface area contributed by atoms with Gasteiger partial charge >= 0.3 is 5.97 Å². The standard InChI is InChI=1S/C16H15BrN4O5S2/c17-13-5-6-27-16(13)28(25,26)18-8-11-9-21(20-19-11)14(15(23)24)7-10-1-3-12(22)4-2-10/h1-6,9,14,18,22H,7-8H2,(H,23,24). The van der Waals surface area contributed by atoms with Crippen LogP contribution >= 0.6 is 27.3 Å². The first-order chi connectivity index (χ1) is 13.3. The first-order valence-corrected chi connectivity index (χ1v) is 11.1. The molecule has 0 aliphatic carbocycles. The molecule has 2 heterocycles. The number of sulfonamides is 1. The Morgan fingerprint density at radius 1 is 1.29 bits per heavy atom. The van der Waals surface area contributed by atoms with Crippen molar-refractivity contribution >= 4 is 43.3 Å². The largest absolute Gasteiger partial charge is 0.508 e. The molecule has 1 unspecified atom stereocenters. The number of carboxylic acids is 1. The Morgan fingerprint density at radius 3 is 2.61 bits per heavy atom. The molecule has 0 radical (unpaired) electrons. The number of phenols is 1. The minimum absolute atomic E-state index is 0.0864. The predicted octanol–water partition coefficient (Wildman–Crippen LogP) is 2.15.